The predicted molar refractivity (Wildman–Crippen MR) is 69.7 cm³/mol. The highest BCUT2D eigenvalue weighted by atomic mass is 19.4. The minimum absolute atomic E-state index is 0.150. The SMILES string of the molecule is C/C(=N\O)c1ccc(Cc2c(C(F)(F)F)[nH][nH]c2=O)cc1. The Morgan fingerprint density at radius 1 is 1.24 bits per heavy atom. The molecule has 0 aliphatic carbocycles. The van der Waals surface area contributed by atoms with Gasteiger partial charge in [-0.3, -0.25) is 15.0 Å². The zero-order valence-electron chi connectivity index (χ0n) is 11.0. The molecule has 0 atom stereocenters. The maximum Gasteiger partial charge on any atom is 0.433 e. The number of hydrogen-bond donors (Lipinski definition) is 3. The fourth-order valence-electron chi connectivity index (χ4n) is 1.92. The standard InChI is InChI=1S/C13H12F3N3O2/c1-7(19-21)9-4-2-8(3-5-9)6-10-11(13(14,15)16)17-18-12(10)20/h2-5,21H,6H2,1H3,(H2,17,18,20)/b19-7+. The van der Waals surface area contributed by atoms with Crippen LogP contribution >= 0.6 is 0 Å². The molecule has 3 N–H and O–H groups in total. The highest BCUT2D eigenvalue weighted by Gasteiger charge is 2.36. The number of nitrogens with zero attached hydrogens (tertiary/aromatic N) is 1. The summed E-state index contributed by atoms with van der Waals surface area (Å²) >= 11 is 0. The highest BCUT2D eigenvalue weighted by Crippen LogP contribution is 2.29. The zero-order valence-corrected chi connectivity index (χ0v) is 11.0. The van der Waals surface area contributed by atoms with Crippen molar-refractivity contribution in [1.29, 1.82) is 0 Å². The average Bonchev–Trinajstić information content (AvgIpc) is 2.80. The van der Waals surface area contributed by atoms with Gasteiger partial charge in [-0.15, -0.1) is 0 Å². The number of alkyl halides is 3. The summed E-state index contributed by atoms with van der Waals surface area (Å²) in [7, 11) is 0. The minimum Gasteiger partial charge on any atom is -0.411 e. The third kappa shape index (κ3) is 3.15. The zero-order chi connectivity index (χ0) is 15.6. The molecule has 0 radical (unpaired) electrons. The van der Waals surface area contributed by atoms with E-state index >= 15 is 0 Å². The first kappa shape index (κ1) is 14.9. The molecular weight excluding hydrogens is 287 g/mol. The van der Waals surface area contributed by atoms with Crippen molar-refractivity contribution in [3.63, 3.8) is 0 Å². The second-order valence-electron chi connectivity index (χ2n) is 4.49. The molecular formula is C13H12F3N3O2. The van der Waals surface area contributed by atoms with Gasteiger partial charge in [0.1, 0.15) is 5.69 Å². The van der Waals surface area contributed by atoms with Crippen LogP contribution in [0.3, 0.4) is 0 Å². The number of H-pyrrole nitrogens is 2. The van der Waals surface area contributed by atoms with Crippen LogP contribution in [0.5, 0.6) is 0 Å². The first-order chi connectivity index (χ1) is 9.82. The van der Waals surface area contributed by atoms with Crippen LogP contribution in [0.4, 0.5) is 13.2 Å². The van der Waals surface area contributed by atoms with Crippen LogP contribution in [0.25, 0.3) is 0 Å². The Balaban J connectivity index is 2.31. The van der Waals surface area contributed by atoms with E-state index in [0.717, 1.165) is 0 Å². The van der Waals surface area contributed by atoms with E-state index in [1.165, 1.54) is 0 Å². The average molecular weight is 299 g/mol. The molecule has 0 amide bonds. The maximum atomic E-state index is 12.7. The molecule has 0 saturated heterocycles. The van der Waals surface area contributed by atoms with Gasteiger partial charge in [0.15, 0.2) is 0 Å². The van der Waals surface area contributed by atoms with Crippen molar-refractivity contribution in [2.24, 2.45) is 5.16 Å². The molecule has 1 heterocycles. The first-order valence-corrected chi connectivity index (χ1v) is 5.97. The molecule has 5 nitrogen and oxygen atoms in total. The number of benzene rings is 1. The number of oxime groups is 1. The van der Waals surface area contributed by atoms with Gasteiger partial charge in [0.2, 0.25) is 0 Å². The van der Waals surface area contributed by atoms with E-state index in [1.807, 2.05) is 10.2 Å². The largest absolute Gasteiger partial charge is 0.433 e. The first-order valence-electron chi connectivity index (χ1n) is 5.97. The third-order valence-corrected chi connectivity index (χ3v) is 3.06. The monoisotopic (exact) mass is 299 g/mol. The normalized spacial score (nSPS) is 12.7. The molecule has 0 unspecified atom stereocenters. The molecule has 2 rings (SSSR count). The fraction of sp³-hybridized carbons (Fsp3) is 0.231. The summed E-state index contributed by atoms with van der Waals surface area (Å²) in [6.45, 7) is 1.59. The number of aromatic amines is 2. The summed E-state index contributed by atoms with van der Waals surface area (Å²) in [5.41, 5.74) is -0.649. The van der Waals surface area contributed by atoms with Gasteiger partial charge in [0, 0.05) is 6.42 Å². The fourth-order valence-corrected chi connectivity index (χ4v) is 1.92. The summed E-state index contributed by atoms with van der Waals surface area (Å²) in [6, 6.07) is 6.38. The number of halogens is 3. The van der Waals surface area contributed by atoms with Crippen LogP contribution in [0.2, 0.25) is 0 Å². The van der Waals surface area contributed by atoms with Gasteiger partial charge in [0.05, 0.1) is 11.3 Å². The van der Waals surface area contributed by atoms with Crippen LogP contribution in [0.15, 0.2) is 34.2 Å². The molecule has 0 aliphatic rings. The summed E-state index contributed by atoms with van der Waals surface area (Å²) in [5, 5.41) is 15.5. The molecule has 21 heavy (non-hydrogen) atoms. The van der Waals surface area contributed by atoms with Crippen molar-refractivity contribution in [3.8, 4) is 0 Å². The Morgan fingerprint density at radius 3 is 2.38 bits per heavy atom. The minimum atomic E-state index is -4.62. The van der Waals surface area contributed by atoms with Gasteiger partial charge in [-0.1, -0.05) is 29.4 Å². The van der Waals surface area contributed by atoms with Crippen LogP contribution in [-0.2, 0) is 12.6 Å². The van der Waals surface area contributed by atoms with Crippen molar-refractivity contribution in [2.75, 3.05) is 0 Å². The number of nitrogens with one attached hydrogen (secondary N) is 2. The smallest absolute Gasteiger partial charge is 0.411 e. The summed E-state index contributed by atoms with van der Waals surface area (Å²) in [4.78, 5) is 11.5. The van der Waals surface area contributed by atoms with Crippen molar-refractivity contribution in [3.05, 3.63) is 57.0 Å². The molecule has 112 valence electrons. The van der Waals surface area contributed by atoms with E-state index in [9.17, 15) is 18.0 Å². The van der Waals surface area contributed by atoms with Gasteiger partial charge < -0.3 is 5.21 Å². The van der Waals surface area contributed by atoms with Crippen LogP contribution in [-0.4, -0.2) is 21.1 Å². The van der Waals surface area contributed by atoms with Crippen LogP contribution < -0.4 is 5.56 Å². The second-order valence-corrected chi connectivity index (χ2v) is 4.49. The molecule has 0 saturated carbocycles. The van der Waals surface area contributed by atoms with Crippen LogP contribution in [0, 0.1) is 0 Å². The Labute approximate surface area is 117 Å². The lowest BCUT2D eigenvalue weighted by molar-refractivity contribution is -0.141. The Hall–Kier alpha value is -2.51. The van der Waals surface area contributed by atoms with E-state index in [4.69, 9.17) is 5.21 Å². The van der Waals surface area contributed by atoms with Crippen molar-refractivity contribution in [1.82, 2.24) is 10.2 Å². The molecule has 0 spiro atoms. The molecule has 2 aromatic rings. The number of rotatable bonds is 3. The summed E-state index contributed by atoms with van der Waals surface area (Å²) < 4.78 is 38.2. The molecule has 8 heteroatoms. The van der Waals surface area contributed by atoms with E-state index < -0.39 is 17.4 Å². The molecule has 0 bridgehead atoms. The maximum absolute atomic E-state index is 12.7. The third-order valence-electron chi connectivity index (χ3n) is 3.06. The highest BCUT2D eigenvalue weighted by molar-refractivity contribution is 5.98. The number of hydrogen-bond acceptors (Lipinski definition) is 3. The Kier molecular flexibility index (Phi) is 3.88. The molecule has 0 fully saturated rings. The van der Waals surface area contributed by atoms with Crippen LogP contribution in [0.1, 0.15) is 29.3 Å². The lowest BCUT2D eigenvalue weighted by atomic mass is 10.0. The lowest BCUT2D eigenvalue weighted by Gasteiger charge is -2.07. The van der Waals surface area contributed by atoms with Crippen molar-refractivity contribution in [2.45, 2.75) is 19.5 Å². The second kappa shape index (κ2) is 5.47. The number of aromatic nitrogens is 2. The Morgan fingerprint density at radius 2 is 1.86 bits per heavy atom. The summed E-state index contributed by atoms with van der Waals surface area (Å²) in [6.07, 6.45) is -4.77. The molecule has 1 aromatic carbocycles. The quantitative estimate of drug-likeness (QED) is 0.462. The van der Waals surface area contributed by atoms with E-state index in [0.29, 0.717) is 16.8 Å². The predicted octanol–water partition coefficient (Wildman–Crippen LogP) is 2.51. The van der Waals surface area contributed by atoms with Crippen molar-refractivity contribution < 1.29 is 18.4 Å². The summed E-state index contributed by atoms with van der Waals surface area (Å²) in [5.74, 6) is 0. The molecule has 0 aliphatic heterocycles. The lowest BCUT2D eigenvalue weighted by Crippen LogP contribution is -2.13. The van der Waals surface area contributed by atoms with E-state index in [-0.39, 0.29) is 12.0 Å². The van der Waals surface area contributed by atoms with Gasteiger partial charge in [-0.05, 0) is 18.1 Å². The van der Waals surface area contributed by atoms with Gasteiger partial charge in [-0.2, -0.15) is 13.2 Å². The van der Waals surface area contributed by atoms with E-state index in [2.05, 4.69) is 5.16 Å². The topological polar surface area (TPSA) is 81.2 Å². The Bertz CT molecular complexity index is 711. The van der Waals surface area contributed by atoms with Gasteiger partial charge in [-0.25, -0.2) is 0 Å². The van der Waals surface area contributed by atoms with E-state index in [1.54, 1.807) is 31.2 Å². The van der Waals surface area contributed by atoms with Gasteiger partial charge in [0.25, 0.3) is 5.56 Å². The van der Waals surface area contributed by atoms with Gasteiger partial charge >= 0.3 is 6.18 Å². The van der Waals surface area contributed by atoms with Crippen molar-refractivity contribution >= 4 is 5.71 Å². The molecule has 1 aromatic heterocycles.